The van der Waals surface area contributed by atoms with Gasteiger partial charge in [-0.15, -0.1) is 0 Å². The number of sulfonamides is 1. The van der Waals surface area contributed by atoms with Crippen LogP contribution in [0.4, 0.5) is 13.2 Å². The summed E-state index contributed by atoms with van der Waals surface area (Å²) in [7, 11) is -4.06. The Labute approximate surface area is 192 Å². The van der Waals surface area contributed by atoms with Crippen molar-refractivity contribution in [3.8, 4) is 0 Å². The number of amides is 1. The Morgan fingerprint density at radius 1 is 0.970 bits per heavy atom. The van der Waals surface area contributed by atoms with Crippen molar-refractivity contribution < 1.29 is 26.4 Å². The van der Waals surface area contributed by atoms with Gasteiger partial charge in [-0.1, -0.05) is 30.3 Å². The highest BCUT2D eigenvalue weighted by molar-refractivity contribution is 7.89. The standard InChI is InChI=1S/C24H27F3N2O3S/c1-17-6-2-3-9-21(17)22-10-5-13-29(22)23(30)18-11-14-28(15-12-18)33(31,32)20-8-4-7-19(16-20)24(25,26)27/h2-4,6-9,16,18,22H,5,10-15H2,1H3. The summed E-state index contributed by atoms with van der Waals surface area (Å²) in [6.45, 7) is 2.93. The number of aryl methyl sites for hydroxylation is 1. The molecule has 1 atom stereocenters. The number of carbonyl (C=O) groups is 1. The number of nitrogens with zero attached hydrogens (tertiary/aromatic N) is 2. The van der Waals surface area contributed by atoms with Crippen LogP contribution in [0, 0.1) is 12.8 Å². The minimum Gasteiger partial charge on any atom is -0.335 e. The third-order valence-corrected chi connectivity index (χ3v) is 8.58. The largest absolute Gasteiger partial charge is 0.416 e. The lowest BCUT2D eigenvalue weighted by Gasteiger charge is -2.35. The van der Waals surface area contributed by atoms with Crippen molar-refractivity contribution in [2.45, 2.75) is 49.7 Å². The van der Waals surface area contributed by atoms with E-state index in [0.717, 1.165) is 36.1 Å². The van der Waals surface area contributed by atoms with Crippen molar-refractivity contribution in [3.63, 3.8) is 0 Å². The molecule has 0 saturated carbocycles. The summed E-state index contributed by atoms with van der Waals surface area (Å²) in [5.41, 5.74) is 1.29. The van der Waals surface area contributed by atoms with E-state index in [4.69, 9.17) is 0 Å². The first-order valence-electron chi connectivity index (χ1n) is 11.1. The smallest absolute Gasteiger partial charge is 0.335 e. The van der Waals surface area contributed by atoms with Gasteiger partial charge in [0.1, 0.15) is 0 Å². The fourth-order valence-electron chi connectivity index (χ4n) is 4.87. The van der Waals surface area contributed by atoms with Crippen LogP contribution in [0.3, 0.4) is 0 Å². The molecule has 0 bridgehead atoms. The third kappa shape index (κ3) is 4.80. The topological polar surface area (TPSA) is 57.7 Å². The van der Waals surface area contributed by atoms with Crippen molar-refractivity contribution >= 4 is 15.9 Å². The molecule has 33 heavy (non-hydrogen) atoms. The molecule has 0 spiro atoms. The molecule has 178 valence electrons. The molecule has 1 amide bonds. The molecule has 0 N–H and O–H groups in total. The summed E-state index contributed by atoms with van der Waals surface area (Å²) in [6.07, 6.45) is -2.08. The van der Waals surface area contributed by atoms with Gasteiger partial charge in [-0.25, -0.2) is 8.42 Å². The summed E-state index contributed by atoms with van der Waals surface area (Å²) in [5, 5.41) is 0. The number of likely N-dealkylation sites (tertiary alicyclic amines) is 1. The number of piperidine rings is 1. The van der Waals surface area contributed by atoms with Crippen molar-refractivity contribution in [2.75, 3.05) is 19.6 Å². The number of hydrogen-bond donors (Lipinski definition) is 0. The Bertz CT molecular complexity index is 1130. The number of carbonyl (C=O) groups excluding carboxylic acids is 1. The van der Waals surface area contributed by atoms with Crippen LogP contribution in [-0.4, -0.2) is 43.2 Å². The molecule has 9 heteroatoms. The zero-order chi connectivity index (χ0) is 23.8. The molecular weight excluding hydrogens is 453 g/mol. The van der Waals surface area contributed by atoms with Crippen molar-refractivity contribution in [1.29, 1.82) is 0 Å². The number of alkyl halides is 3. The van der Waals surface area contributed by atoms with Gasteiger partial charge in [0.15, 0.2) is 0 Å². The Kier molecular flexibility index (Phi) is 6.55. The maximum absolute atomic E-state index is 13.3. The van der Waals surface area contributed by atoms with E-state index >= 15 is 0 Å². The predicted octanol–water partition coefficient (Wildman–Crippen LogP) is 4.78. The second kappa shape index (κ2) is 9.10. The zero-order valence-corrected chi connectivity index (χ0v) is 19.2. The van der Waals surface area contributed by atoms with Gasteiger partial charge in [0, 0.05) is 25.6 Å². The summed E-state index contributed by atoms with van der Waals surface area (Å²) in [4.78, 5) is 14.9. The number of halogens is 3. The van der Waals surface area contributed by atoms with Crippen molar-refractivity contribution in [1.82, 2.24) is 9.21 Å². The molecule has 2 saturated heterocycles. The molecule has 2 aromatic rings. The molecule has 2 heterocycles. The summed E-state index contributed by atoms with van der Waals surface area (Å²) in [5.74, 6) is -0.251. The highest BCUT2D eigenvalue weighted by Gasteiger charge is 2.38. The average Bonchev–Trinajstić information content (AvgIpc) is 3.28. The summed E-state index contributed by atoms with van der Waals surface area (Å²) in [6, 6.07) is 11.9. The molecule has 1 unspecified atom stereocenters. The lowest BCUT2D eigenvalue weighted by Crippen LogP contribution is -2.44. The lowest BCUT2D eigenvalue weighted by molar-refractivity contribution is -0.138. The van der Waals surface area contributed by atoms with Crippen molar-refractivity contribution in [2.24, 2.45) is 5.92 Å². The van der Waals surface area contributed by atoms with Crippen LogP contribution in [0.15, 0.2) is 53.4 Å². The SMILES string of the molecule is Cc1ccccc1C1CCCN1C(=O)C1CCN(S(=O)(=O)c2cccc(C(F)(F)F)c2)CC1. The Balaban J connectivity index is 1.44. The first-order valence-corrected chi connectivity index (χ1v) is 12.6. The number of benzene rings is 2. The maximum Gasteiger partial charge on any atom is 0.416 e. The molecule has 4 rings (SSSR count). The molecule has 0 aromatic heterocycles. The second-order valence-electron chi connectivity index (χ2n) is 8.75. The van der Waals surface area contributed by atoms with Gasteiger partial charge in [0.05, 0.1) is 16.5 Å². The van der Waals surface area contributed by atoms with Crippen molar-refractivity contribution in [3.05, 3.63) is 65.2 Å². The van der Waals surface area contributed by atoms with Gasteiger partial charge in [-0.3, -0.25) is 4.79 Å². The quantitative estimate of drug-likeness (QED) is 0.633. The summed E-state index contributed by atoms with van der Waals surface area (Å²) < 4.78 is 66.1. The van der Waals surface area contributed by atoms with E-state index in [1.165, 1.54) is 10.4 Å². The van der Waals surface area contributed by atoms with Crippen LogP contribution in [0.5, 0.6) is 0 Å². The average molecular weight is 481 g/mol. The summed E-state index contributed by atoms with van der Waals surface area (Å²) >= 11 is 0. The highest BCUT2D eigenvalue weighted by Crippen LogP contribution is 2.37. The van der Waals surface area contributed by atoms with Crippen LogP contribution in [0.2, 0.25) is 0 Å². The van der Waals surface area contributed by atoms with Crippen LogP contribution < -0.4 is 0 Å². The van der Waals surface area contributed by atoms with Gasteiger partial charge >= 0.3 is 6.18 Å². The van der Waals surface area contributed by atoms with Gasteiger partial charge in [0.2, 0.25) is 15.9 Å². The zero-order valence-electron chi connectivity index (χ0n) is 18.4. The van der Waals surface area contributed by atoms with E-state index in [1.54, 1.807) is 0 Å². The normalized spacial score (nSPS) is 20.8. The molecule has 2 fully saturated rings. The fraction of sp³-hybridized carbons (Fsp3) is 0.458. The minimum atomic E-state index is -4.62. The van der Waals surface area contributed by atoms with Crippen LogP contribution in [-0.2, 0) is 21.0 Å². The Morgan fingerprint density at radius 3 is 2.33 bits per heavy atom. The fourth-order valence-corrected chi connectivity index (χ4v) is 6.39. The molecule has 2 aliphatic rings. The maximum atomic E-state index is 13.3. The monoisotopic (exact) mass is 480 g/mol. The van der Waals surface area contributed by atoms with Crippen LogP contribution in [0.25, 0.3) is 0 Å². The van der Waals surface area contributed by atoms with Gasteiger partial charge in [-0.05, 0) is 61.9 Å². The van der Waals surface area contributed by atoms with E-state index in [9.17, 15) is 26.4 Å². The first-order chi connectivity index (χ1) is 15.6. The number of hydrogen-bond acceptors (Lipinski definition) is 3. The van der Waals surface area contributed by atoms with E-state index in [2.05, 4.69) is 6.07 Å². The van der Waals surface area contributed by atoms with Gasteiger partial charge < -0.3 is 4.90 Å². The van der Waals surface area contributed by atoms with E-state index < -0.39 is 21.8 Å². The van der Waals surface area contributed by atoms with Gasteiger partial charge in [0.25, 0.3) is 0 Å². The highest BCUT2D eigenvalue weighted by atomic mass is 32.2. The molecular formula is C24H27F3N2O3S. The van der Waals surface area contributed by atoms with E-state index in [-0.39, 0.29) is 35.9 Å². The van der Waals surface area contributed by atoms with E-state index in [1.807, 2.05) is 30.0 Å². The minimum absolute atomic E-state index is 0.0329. The Morgan fingerprint density at radius 2 is 1.67 bits per heavy atom. The van der Waals surface area contributed by atoms with Crippen LogP contribution in [0.1, 0.15) is 48.4 Å². The van der Waals surface area contributed by atoms with Gasteiger partial charge in [-0.2, -0.15) is 17.5 Å². The Hall–Kier alpha value is -2.39. The third-order valence-electron chi connectivity index (χ3n) is 6.69. The second-order valence-corrected chi connectivity index (χ2v) is 10.7. The molecule has 5 nitrogen and oxygen atoms in total. The molecule has 2 aromatic carbocycles. The molecule has 0 aliphatic carbocycles. The first kappa shape index (κ1) is 23.8. The van der Waals surface area contributed by atoms with E-state index in [0.29, 0.717) is 25.5 Å². The predicted molar refractivity (Wildman–Crippen MR) is 118 cm³/mol. The lowest BCUT2D eigenvalue weighted by atomic mass is 9.94. The molecule has 0 radical (unpaired) electrons. The van der Waals surface area contributed by atoms with Crippen LogP contribution >= 0.6 is 0 Å². The number of rotatable bonds is 4. The molecule has 2 aliphatic heterocycles.